The van der Waals surface area contributed by atoms with E-state index in [2.05, 4.69) is 36.8 Å². The van der Waals surface area contributed by atoms with Gasteiger partial charge in [0.1, 0.15) is 0 Å². The first-order chi connectivity index (χ1) is 8.24. The van der Waals surface area contributed by atoms with Crippen LogP contribution in [0.25, 0.3) is 0 Å². The average molecular weight is 293 g/mol. The van der Waals surface area contributed by atoms with Crippen LogP contribution in [-0.4, -0.2) is 16.2 Å². The van der Waals surface area contributed by atoms with Crippen LogP contribution in [0.2, 0.25) is 0 Å². The second kappa shape index (κ2) is 3.89. The number of nitrogens with one attached hydrogen (secondary N) is 3. The maximum Gasteiger partial charge on any atom is 0.320 e. The summed E-state index contributed by atoms with van der Waals surface area (Å²) < 4.78 is 0.975. The van der Waals surface area contributed by atoms with E-state index in [1.54, 1.807) is 12.4 Å². The monoisotopic (exact) mass is 292 g/mol. The highest BCUT2D eigenvalue weighted by Gasteiger charge is 2.26. The first kappa shape index (κ1) is 10.3. The molecule has 0 saturated carbocycles. The molecule has 0 aliphatic carbocycles. The van der Waals surface area contributed by atoms with Gasteiger partial charge in [-0.25, -0.2) is 4.79 Å². The van der Waals surface area contributed by atoms with Crippen LogP contribution in [0.5, 0.6) is 0 Å². The topological polar surface area (TPSA) is 69.8 Å². The molecule has 5 nitrogen and oxygen atoms in total. The fraction of sp³-hybridized carbons (Fsp3) is 0.0909. The van der Waals surface area contributed by atoms with E-state index >= 15 is 0 Å². The van der Waals surface area contributed by atoms with Crippen LogP contribution in [0.15, 0.2) is 35.1 Å². The van der Waals surface area contributed by atoms with Crippen molar-refractivity contribution in [1.82, 2.24) is 15.5 Å². The summed E-state index contributed by atoms with van der Waals surface area (Å²) in [5.74, 6) is 0. The third-order valence-electron chi connectivity index (χ3n) is 2.70. The van der Waals surface area contributed by atoms with E-state index < -0.39 is 0 Å². The molecule has 1 unspecified atom stereocenters. The number of anilines is 1. The smallest absolute Gasteiger partial charge is 0.320 e. The lowest BCUT2D eigenvalue weighted by atomic mass is 9.98. The minimum atomic E-state index is -0.203. The van der Waals surface area contributed by atoms with Crippen LogP contribution in [-0.2, 0) is 0 Å². The lowest BCUT2D eigenvalue weighted by Crippen LogP contribution is -2.38. The second-order valence-electron chi connectivity index (χ2n) is 3.79. The van der Waals surface area contributed by atoms with E-state index in [4.69, 9.17) is 0 Å². The standard InChI is InChI=1S/C11H9BrN4O/c12-7-1-2-9-8(3-7)10(16-11(17)15-9)6-4-13-14-5-6/h1-5,10H,(H,13,14)(H2,15,16,17). The van der Waals surface area contributed by atoms with Crippen molar-refractivity contribution in [3.63, 3.8) is 0 Å². The van der Waals surface area contributed by atoms with Crippen molar-refractivity contribution in [3.8, 4) is 0 Å². The van der Waals surface area contributed by atoms with Crippen molar-refractivity contribution in [2.45, 2.75) is 6.04 Å². The number of amides is 2. The molecule has 0 fully saturated rings. The van der Waals surface area contributed by atoms with Gasteiger partial charge >= 0.3 is 6.03 Å². The zero-order chi connectivity index (χ0) is 11.8. The maximum atomic E-state index is 11.6. The molecule has 6 heteroatoms. The largest absolute Gasteiger partial charge is 0.327 e. The number of nitrogens with zero attached hydrogens (tertiary/aromatic N) is 1. The minimum absolute atomic E-state index is 0.171. The van der Waals surface area contributed by atoms with E-state index in [1.165, 1.54) is 0 Å². The molecule has 1 aromatic carbocycles. The lowest BCUT2D eigenvalue weighted by Gasteiger charge is -2.26. The third kappa shape index (κ3) is 1.80. The number of urea groups is 1. The molecule has 3 N–H and O–H groups in total. The summed E-state index contributed by atoms with van der Waals surface area (Å²) in [7, 11) is 0. The molecule has 17 heavy (non-hydrogen) atoms. The van der Waals surface area contributed by atoms with Crippen molar-refractivity contribution in [1.29, 1.82) is 0 Å². The zero-order valence-electron chi connectivity index (χ0n) is 8.70. The van der Waals surface area contributed by atoms with E-state index in [0.717, 1.165) is 21.3 Å². The highest BCUT2D eigenvalue weighted by molar-refractivity contribution is 9.10. The highest BCUT2D eigenvalue weighted by atomic mass is 79.9. The predicted octanol–water partition coefficient (Wildman–Crippen LogP) is 2.40. The Bertz CT molecular complexity index is 567. The molecule has 1 atom stereocenters. The van der Waals surface area contributed by atoms with Gasteiger partial charge < -0.3 is 10.6 Å². The molecule has 1 aliphatic heterocycles. The highest BCUT2D eigenvalue weighted by Crippen LogP contribution is 2.33. The van der Waals surface area contributed by atoms with Gasteiger partial charge in [0.05, 0.1) is 12.2 Å². The van der Waals surface area contributed by atoms with Gasteiger partial charge in [-0.05, 0) is 18.2 Å². The van der Waals surface area contributed by atoms with Gasteiger partial charge in [0.25, 0.3) is 0 Å². The summed E-state index contributed by atoms with van der Waals surface area (Å²) in [6.45, 7) is 0. The van der Waals surface area contributed by atoms with E-state index in [0.29, 0.717) is 0 Å². The number of hydrogen-bond acceptors (Lipinski definition) is 2. The van der Waals surface area contributed by atoms with Crippen LogP contribution in [0.4, 0.5) is 10.5 Å². The Kier molecular flexibility index (Phi) is 2.36. The summed E-state index contributed by atoms with van der Waals surface area (Å²) in [5, 5.41) is 12.3. The van der Waals surface area contributed by atoms with Crippen molar-refractivity contribution < 1.29 is 4.79 Å². The molecule has 1 aromatic heterocycles. The van der Waals surface area contributed by atoms with Crippen LogP contribution >= 0.6 is 15.9 Å². The van der Waals surface area contributed by atoms with E-state index in [-0.39, 0.29) is 12.1 Å². The van der Waals surface area contributed by atoms with Gasteiger partial charge in [-0.1, -0.05) is 15.9 Å². The number of aromatic nitrogens is 2. The van der Waals surface area contributed by atoms with E-state index in [9.17, 15) is 4.79 Å². The van der Waals surface area contributed by atoms with Crippen molar-refractivity contribution in [2.24, 2.45) is 0 Å². The number of halogens is 1. The number of rotatable bonds is 1. The Morgan fingerprint density at radius 2 is 2.24 bits per heavy atom. The first-order valence-corrected chi connectivity index (χ1v) is 5.89. The quantitative estimate of drug-likeness (QED) is 0.755. The van der Waals surface area contributed by atoms with Gasteiger partial charge in [-0.3, -0.25) is 5.10 Å². The second-order valence-corrected chi connectivity index (χ2v) is 4.71. The van der Waals surface area contributed by atoms with Crippen molar-refractivity contribution in [2.75, 3.05) is 5.32 Å². The SMILES string of the molecule is O=C1Nc2ccc(Br)cc2C(c2cn[nH]c2)N1. The van der Waals surface area contributed by atoms with Gasteiger partial charge in [-0.2, -0.15) is 5.10 Å². The number of fused-ring (bicyclic) bond motifs is 1. The van der Waals surface area contributed by atoms with Gasteiger partial charge in [-0.15, -0.1) is 0 Å². The molecular weight excluding hydrogens is 284 g/mol. The van der Waals surface area contributed by atoms with Crippen LogP contribution < -0.4 is 10.6 Å². The summed E-state index contributed by atoms with van der Waals surface area (Å²) in [4.78, 5) is 11.6. The molecule has 86 valence electrons. The van der Waals surface area contributed by atoms with E-state index in [1.807, 2.05) is 18.2 Å². The van der Waals surface area contributed by atoms with Gasteiger partial charge in [0, 0.05) is 27.5 Å². The summed E-state index contributed by atoms with van der Waals surface area (Å²) in [6.07, 6.45) is 3.49. The van der Waals surface area contributed by atoms with Crippen molar-refractivity contribution >= 4 is 27.6 Å². The van der Waals surface area contributed by atoms with Gasteiger partial charge in [0.15, 0.2) is 0 Å². The Morgan fingerprint density at radius 3 is 3.00 bits per heavy atom. The number of benzene rings is 1. The molecule has 1 aliphatic rings. The fourth-order valence-electron chi connectivity index (χ4n) is 1.94. The Balaban J connectivity index is 2.13. The van der Waals surface area contributed by atoms with Gasteiger partial charge in [0.2, 0.25) is 0 Å². The minimum Gasteiger partial charge on any atom is -0.327 e. The zero-order valence-corrected chi connectivity index (χ0v) is 10.3. The Morgan fingerprint density at radius 1 is 1.35 bits per heavy atom. The summed E-state index contributed by atoms with van der Waals surface area (Å²) in [6, 6.07) is 5.39. The number of aromatic amines is 1. The van der Waals surface area contributed by atoms with Crippen LogP contribution in [0.1, 0.15) is 17.2 Å². The molecule has 2 aromatic rings. The van der Waals surface area contributed by atoms with Crippen molar-refractivity contribution in [3.05, 3.63) is 46.2 Å². The van der Waals surface area contributed by atoms with Crippen LogP contribution in [0.3, 0.4) is 0 Å². The average Bonchev–Trinajstić information content (AvgIpc) is 2.82. The Hall–Kier alpha value is -1.82. The summed E-state index contributed by atoms with van der Waals surface area (Å²) >= 11 is 3.43. The van der Waals surface area contributed by atoms with Crippen LogP contribution in [0, 0.1) is 0 Å². The predicted molar refractivity (Wildman–Crippen MR) is 66.7 cm³/mol. The lowest BCUT2D eigenvalue weighted by molar-refractivity contribution is 0.249. The summed E-state index contributed by atoms with van der Waals surface area (Å²) in [5.41, 5.74) is 2.77. The molecule has 0 bridgehead atoms. The molecule has 2 amide bonds. The number of carbonyl (C=O) groups is 1. The molecular formula is C11H9BrN4O. The molecule has 0 radical (unpaired) electrons. The first-order valence-electron chi connectivity index (χ1n) is 5.09. The third-order valence-corrected chi connectivity index (χ3v) is 3.19. The molecule has 2 heterocycles. The Labute approximate surface area is 106 Å². The number of carbonyl (C=O) groups excluding carboxylic acids is 1. The fourth-order valence-corrected chi connectivity index (χ4v) is 2.31. The number of hydrogen-bond donors (Lipinski definition) is 3. The molecule has 0 spiro atoms. The maximum absolute atomic E-state index is 11.6. The molecule has 3 rings (SSSR count). The number of H-pyrrole nitrogens is 1. The molecule has 0 saturated heterocycles. The normalized spacial score (nSPS) is 18.2.